The van der Waals surface area contributed by atoms with Crippen LogP contribution in [0.25, 0.3) is 0 Å². The average molecular weight is 324 g/mol. The highest BCUT2D eigenvalue weighted by molar-refractivity contribution is 6.08. The number of benzene rings is 2. The van der Waals surface area contributed by atoms with Gasteiger partial charge in [-0.15, -0.1) is 0 Å². The first-order valence-electron chi connectivity index (χ1n) is 8.21. The van der Waals surface area contributed by atoms with Gasteiger partial charge in [0.15, 0.2) is 11.6 Å². The molecule has 0 fully saturated rings. The van der Waals surface area contributed by atoms with Gasteiger partial charge >= 0.3 is 0 Å². The summed E-state index contributed by atoms with van der Waals surface area (Å²) in [5.74, 6) is 0.247. The summed E-state index contributed by atoms with van der Waals surface area (Å²) >= 11 is 0. The molecule has 0 aromatic heterocycles. The van der Waals surface area contributed by atoms with Crippen LogP contribution in [0.2, 0.25) is 0 Å². The van der Waals surface area contributed by atoms with Gasteiger partial charge in [0.05, 0.1) is 12.2 Å². The van der Waals surface area contributed by atoms with E-state index < -0.39 is 0 Å². The lowest BCUT2D eigenvalue weighted by atomic mass is 9.78. The van der Waals surface area contributed by atoms with Crippen molar-refractivity contribution in [3.05, 3.63) is 65.2 Å². The lowest BCUT2D eigenvalue weighted by molar-refractivity contribution is 0.0915. The Kier molecular flexibility index (Phi) is 5.06. The van der Waals surface area contributed by atoms with Crippen molar-refractivity contribution in [2.24, 2.45) is 0 Å². The van der Waals surface area contributed by atoms with Crippen molar-refractivity contribution >= 4 is 11.6 Å². The van der Waals surface area contributed by atoms with E-state index in [1.807, 2.05) is 30.3 Å². The summed E-state index contributed by atoms with van der Waals surface area (Å²) in [7, 11) is 0. The molecule has 4 heteroatoms. The number of carbonyl (C=O) groups excluding carboxylic acids is 2. The van der Waals surface area contributed by atoms with E-state index in [0.29, 0.717) is 42.7 Å². The predicted octanol–water partition coefficient (Wildman–Crippen LogP) is 3.39. The van der Waals surface area contributed by atoms with Crippen LogP contribution in [0.15, 0.2) is 48.5 Å². The van der Waals surface area contributed by atoms with Gasteiger partial charge < -0.3 is 9.84 Å². The maximum absolute atomic E-state index is 12.9. The summed E-state index contributed by atoms with van der Waals surface area (Å²) in [6, 6.07) is 14.6. The molecule has 0 spiro atoms. The number of ketones is 2. The van der Waals surface area contributed by atoms with E-state index >= 15 is 0 Å². The zero-order valence-corrected chi connectivity index (χ0v) is 13.4. The summed E-state index contributed by atoms with van der Waals surface area (Å²) < 4.78 is 5.66. The van der Waals surface area contributed by atoms with E-state index in [2.05, 4.69) is 0 Å². The van der Waals surface area contributed by atoms with Gasteiger partial charge in [0.1, 0.15) is 5.75 Å². The Morgan fingerprint density at radius 1 is 1.12 bits per heavy atom. The van der Waals surface area contributed by atoms with Crippen LogP contribution >= 0.6 is 0 Å². The number of ether oxygens (including phenoxy) is 1. The molecule has 4 nitrogen and oxygen atoms in total. The van der Waals surface area contributed by atoms with Crippen LogP contribution in [0.4, 0.5) is 0 Å². The van der Waals surface area contributed by atoms with Gasteiger partial charge in [-0.05, 0) is 18.1 Å². The second-order valence-corrected chi connectivity index (χ2v) is 5.89. The minimum absolute atomic E-state index is 0.0155. The molecule has 2 aromatic carbocycles. The van der Waals surface area contributed by atoms with E-state index in [1.54, 1.807) is 18.2 Å². The van der Waals surface area contributed by atoms with Crippen molar-refractivity contribution in [1.29, 1.82) is 0 Å². The molecule has 0 saturated heterocycles. The molecule has 1 atom stereocenters. The number of Topliss-reactive ketones (excluding diaryl/α,β-unsaturated/α-hetero) is 2. The first kappa shape index (κ1) is 16.4. The van der Waals surface area contributed by atoms with E-state index in [1.165, 1.54) is 0 Å². The van der Waals surface area contributed by atoms with Gasteiger partial charge in [0.25, 0.3) is 0 Å². The molecule has 0 aliphatic heterocycles. The van der Waals surface area contributed by atoms with E-state index in [-0.39, 0.29) is 24.1 Å². The third kappa shape index (κ3) is 3.24. The zero-order valence-electron chi connectivity index (χ0n) is 13.4. The minimum atomic E-state index is -0.318. The molecule has 1 N–H and O–H groups in total. The van der Waals surface area contributed by atoms with Crippen molar-refractivity contribution in [2.75, 3.05) is 13.2 Å². The minimum Gasteiger partial charge on any atom is -0.493 e. The van der Waals surface area contributed by atoms with Gasteiger partial charge in [-0.1, -0.05) is 42.5 Å². The topological polar surface area (TPSA) is 63.6 Å². The molecule has 2 aromatic rings. The highest BCUT2D eigenvalue weighted by Gasteiger charge is 2.33. The van der Waals surface area contributed by atoms with Gasteiger partial charge in [-0.2, -0.15) is 0 Å². The number of hydrogen-bond donors (Lipinski definition) is 1. The third-order valence-electron chi connectivity index (χ3n) is 4.31. The van der Waals surface area contributed by atoms with Crippen molar-refractivity contribution in [3.63, 3.8) is 0 Å². The molecule has 0 saturated carbocycles. The number of fused-ring (bicyclic) bond motifs is 1. The molecule has 1 aliphatic carbocycles. The summed E-state index contributed by atoms with van der Waals surface area (Å²) in [5, 5.41) is 8.88. The second kappa shape index (κ2) is 7.41. The molecule has 0 amide bonds. The maximum Gasteiger partial charge on any atom is 0.170 e. The molecule has 3 rings (SSSR count). The number of rotatable bonds is 6. The van der Waals surface area contributed by atoms with Gasteiger partial charge in [-0.3, -0.25) is 9.59 Å². The largest absolute Gasteiger partial charge is 0.493 e. The number of aliphatic hydroxyl groups is 1. The molecule has 24 heavy (non-hydrogen) atoms. The standard InChI is InChI=1S/C20H20O4/c21-12-5-13-24-18-9-4-8-15-16(10-11-17(22)19(15)18)20(23)14-6-2-1-3-7-14/h1-4,6-9,16,21H,5,10-13H2. The van der Waals surface area contributed by atoms with Crippen LogP contribution in [0.5, 0.6) is 5.75 Å². The summed E-state index contributed by atoms with van der Waals surface area (Å²) in [4.78, 5) is 25.3. The van der Waals surface area contributed by atoms with Crippen LogP contribution in [0.1, 0.15) is 51.5 Å². The van der Waals surface area contributed by atoms with Crippen LogP contribution in [0, 0.1) is 0 Å². The van der Waals surface area contributed by atoms with Crippen LogP contribution in [-0.2, 0) is 0 Å². The predicted molar refractivity (Wildman–Crippen MR) is 90.7 cm³/mol. The molecular formula is C20H20O4. The monoisotopic (exact) mass is 324 g/mol. The van der Waals surface area contributed by atoms with Crippen LogP contribution < -0.4 is 4.74 Å². The van der Waals surface area contributed by atoms with Crippen LogP contribution in [0.3, 0.4) is 0 Å². The Bertz CT molecular complexity index is 737. The average Bonchev–Trinajstić information content (AvgIpc) is 2.62. The zero-order chi connectivity index (χ0) is 16.9. The van der Waals surface area contributed by atoms with Gasteiger partial charge in [-0.25, -0.2) is 0 Å². The van der Waals surface area contributed by atoms with Crippen molar-refractivity contribution in [2.45, 2.75) is 25.2 Å². The summed E-state index contributed by atoms with van der Waals surface area (Å²) in [6.45, 7) is 0.385. The highest BCUT2D eigenvalue weighted by Crippen LogP contribution is 2.38. The lowest BCUT2D eigenvalue weighted by Gasteiger charge is -2.25. The van der Waals surface area contributed by atoms with Crippen molar-refractivity contribution in [1.82, 2.24) is 0 Å². The van der Waals surface area contributed by atoms with Crippen molar-refractivity contribution in [3.8, 4) is 5.75 Å². The Labute approximate surface area is 141 Å². The van der Waals surface area contributed by atoms with E-state index in [4.69, 9.17) is 9.84 Å². The van der Waals surface area contributed by atoms with Gasteiger partial charge in [0, 0.05) is 30.9 Å². The number of hydrogen-bond acceptors (Lipinski definition) is 4. The Morgan fingerprint density at radius 3 is 2.67 bits per heavy atom. The smallest absolute Gasteiger partial charge is 0.170 e. The third-order valence-corrected chi connectivity index (χ3v) is 4.31. The molecule has 1 unspecified atom stereocenters. The number of carbonyl (C=O) groups is 2. The Hall–Kier alpha value is -2.46. The molecular weight excluding hydrogens is 304 g/mol. The normalized spacial score (nSPS) is 16.5. The lowest BCUT2D eigenvalue weighted by Crippen LogP contribution is -2.23. The Balaban J connectivity index is 1.94. The Morgan fingerprint density at radius 2 is 1.92 bits per heavy atom. The molecule has 0 heterocycles. The quantitative estimate of drug-likeness (QED) is 0.653. The highest BCUT2D eigenvalue weighted by atomic mass is 16.5. The SMILES string of the molecule is O=C1CCC(C(=O)c2ccccc2)c2cccc(OCCCO)c21. The molecule has 1 aliphatic rings. The second-order valence-electron chi connectivity index (χ2n) is 5.89. The summed E-state index contributed by atoms with van der Waals surface area (Å²) in [6.07, 6.45) is 1.38. The van der Waals surface area contributed by atoms with Crippen LogP contribution in [-0.4, -0.2) is 29.9 Å². The molecule has 0 radical (unpaired) electrons. The fraction of sp³-hybridized carbons (Fsp3) is 0.300. The molecule has 124 valence electrons. The van der Waals surface area contributed by atoms with Gasteiger partial charge in [0.2, 0.25) is 0 Å². The first-order chi connectivity index (χ1) is 11.7. The molecule has 0 bridgehead atoms. The fourth-order valence-corrected chi connectivity index (χ4v) is 3.14. The van der Waals surface area contributed by atoms with E-state index in [9.17, 15) is 9.59 Å². The number of aliphatic hydroxyl groups excluding tert-OH is 1. The summed E-state index contributed by atoms with van der Waals surface area (Å²) in [5.41, 5.74) is 1.94. The first-order valence-corrected chi connectivity index (χ1v) is 8.21. The van der Waals surface area contributed by atoms with E-state index in [0.717, 1.165) is 5.56 Å². The maximum atomic E-state index is 12.9. The van der Waals surface area contributed by atoms with Crippen molar-refractivity contribution < 1.29 is 19.4 Å². The fourth-order valence-electron chi connectivity index (χ4n) is 3.14.